The first-order chi connectivity index (χ1) is 35.7. The molecular weight excluding hydrogens is 985 g/mol. The molecule has 378 valence electrons. The highest BCUT2D eigenvalue weighted by Crippen LogP contribution is 2.37. The Kier molecular flexibility index (Phi) is 15.5. The normalized spacial score (nSPS) is 10.4. The Morgan fingerprint density at radius 1 is 0.253 bits per heavy atom. The predicted octanol–water partition coefficient (Wildman–Crippen LogP) is 10.2. The Balaban J connectivity index is 1.12. The van der Waals surface area contributed by atoms with Crippen molar-refractivity contribution in [1.29, 1.82) is 0 Å². The van der Waals surface area contributed by atoms with Gasteiger partial charge in [0, 0.05) is 70.5 Å². The van der Waals surface area contributed by atoms with Crippen LogP contribution in [-0.2, 0) is 0 Å². The second-order valence-electron chi connectivity index (χ2n) is 15.5. The molecule has 0 aromatic heterocycles. The number of carboxylic acids is 6. The quantitative estimate of drug-likeness (QED) is 0.0380. The largest absolute Gasteiger partial charge is 0.478 e. The summed E-state index contributed by atoms with van der Waals surface area (Å²) in [6.07, 6.45) is 0. The van der Waals surface area contributed by atoms with Crippen molar-refractivity contribution in [3.05, 3.63) is 179 Å². The summed E-state index contributed by atoms with van der Waals surface area (Å²) in [7, 11) is 0. The number of hydrogen-bond acceptors (Lipinski definition) is 12. The summed E-state index contributed by atoms with van der Waals surface area (Å²) in [5.74, 6) is -7.78. The molecule has 12 N–H and O–H groups in total. The lowest BCUT2D eigenvalue weighted by Gasteiger charge is -2.15. The number of amides is 6. The minimum Gasteiger partial charge on any atom is -0.478 e. The molecule has 0 aliphatic carbocycles. The van der Waals surface area contributed by atoms with Gasteiger partial charge in [0.15, 0.2) is 0 Å². The van der Waals surface area contributed by atoms with Crippen molar-refractivity contribution in [1.82, 2.24) is 0 Å². The van der Waals surface area contributed by atoms with Gasteiger partial charge in [0.2, 0.25) is 0 Å². The van der Waals surface area contributed by atoms with Crippen molar-refractivity contribution in [3.63, 3.8) is 0 Å². The van der Waals surface area contributed by atoms with E-state index in [0.717, 1.165) is 54.6 Å². The predicted molar refractivity (Wildman–Crippen MR) is 265 cm³/mol. The summed E-state index contributed by atoms with van der Waals surface area (Å²) in [5.41, 5.74) is -2.08. The van der Waals surface area contributed by atoms with Crippen LogP contribution in [0.15, 0.2) is 146 Å². The Bertz CT molecular complexity index is 3020. The van der Waals surface area contributed by atoms with Crippen LogP contribution in [0.4, 0.5) is 48.5 Å². The number of aromatic carboxylic acids is 6. The van der Waals surface area contributed by atoms with Crippen LogP contribution in [0.3, 0.4) is 0 Å². The van der Waals surface area contributed by atoms with Crippen LogP contribution in [0.1, 0.15) is 62.1 Å². The van der Waals surface area contributed by atoms with E-state index in [1.165, 1.54) is 91.0 Å². The zero-order chi connectivity index (χ0) is 53.9. The number of carbonyl (C=O) groups is 9. The molecule has 0 unspecified atom stereocenters. The van der Waals surface area contributed by atoms with E-state index in [2.05, 4.69) is 31.9 Å². The maximum absolute atomic E-state index is 13.0. The van der Waals surface area contributed by atoms with Crippen LogP contribution in [0.2, 0.25) is 0 Å². The van der Waals surface area contributed by atoms with E-state index in [4.69, 9.17) is 14.2 Å². The van der Waals surface area contributed by atoms with Gasteiger partial charge in [0.05, 0.1) is 33.4 Å². The molecule has 0 spiro atoms. The number of urea groups is 3. The van der Waals surface area contributed by atoms with Crippen molar-refractivity contribution in [2.24, 2.45) is 0 Å². The molecule has 0 heterocycles. The second-order valence-corrected chi connectivity index (χ2v) is 15.5. The molecule has 0 radical (unpaired) electrons. The fraction of sp³-hybridized carbons (Fsp3) is 0. The third-order valence-corrected chi connectivity index (χ3v) is 9.89. The van der Waals surface area contributed by atoms with E-state index in [9.17, 15) is 73.8 Å². The zero-order valence-electron chi connectivity index (χ0n) is 37.9. The molecular formula is C51H36N6O18. The smallest absolute Gasteiger partial charge is 0.335 e. The molecule has 0 saturated heterocycles. The van der Waals surface area contributed by atoms with Gasteiger partial charge in [0.25, 0.3) is 0 Å². The van der Waals surface area contributed by atoms with Gasteiger partial charge in [-0.05, 0) is 91.0 Å². The van der Waals surface area contributed by atoms with Crippen LogP contribution in [0.25, 0.3) is 0 Å². The number of hydrogen-bond donors (Lipinski definition) is 12. The lowest BCUT2D eigenvalue weighted by atomic mass is 10.1. The van der Waals surface area contributed by atoms with Crippen molar-refractivity contribution >= 4 is 88.0 Å². The molecule has 0 bridgehead atoms. The van der Waals surface area contributed by atoms with Crippen molar-refractivity contribution in [2.75, 3.05) is 31.9 Å². The molecule has 7 aromatic rings. The Morgan fingerprint density at radius 3 is 0.680 bits per heavy atom. The van der Waals surface area contributed by atoms with Gasteiger partial charge < -0.3 is 76.8 Å². The van der Waals surface area contributed by atoms with E-state index in [1.807, 2.05) is 0 Å². The van der Waals surface area contributed by atoms with Crippen molar-refractivity contribution in [2.45, 2.75) is 0 Å². The lowest BCUT2D eigenvalue weighted by molar-refractivity contribution is 0.0676. The van der Waals surface area contributed by atoms with E-state index >= 15 is 0 Å². The van der Waals surface area contributed by atoms with Gasteiger partial charge in [-0.1, -0.05) is 18.2 Å². The number of nitrogens with one attached hydrogen (secondary N) is 6. The van der Waals surface area contributed by atoms with Gasteiger partial charge in [-0.2, -0.15) is 0 Å². The van der Waals surface area contributed by atoms with Crippen molar-refractivity contribution in [3.8, 4) is 34.5 Å². The summed E-state index contributed by atoms with van der Waals surface area (Å²) in [4.78, 5) is 108. The van der Waals surface area contributed by atoms with E-state index in [0.29, 0.717) is 0 Å². The molecule has 7 rings (SSSR count). The average molecular weight is 1020 g/mol. The lowest BCUT2D eigenvalue weighted by Crippen LogP contribution is -2.20. The SMILES string of the molecule is O=C(Nc1cccc(Oc2cc(Oc3cccc(NC(=O)Nc4cc(C(=O)O)cc(C(=O)O)c4)c3)cc(Oc3cccc(NC(=O)Nc4cc(C(=O)O)cc(C(=O)O)c4)c3)c2)c1)Nc1cc(C(=O)O)cc(C(=O)O)c1. The minimum atomic E-state index is -1.42. The summed E-state index contributed by atoms with van der Waals surface area (Å²) >= 11 is 0. The van der Waals surface area contributed by atoms with Crippen LogP contribution >= 0.6 is 0 Å². The molecule has 24 heteroatoms. The van der Waals surface area contributed by atoms with Gasteiger partial charge in [-0.3, -0.25) is 0 Å². The topological polar surface area (TPSA) is 375 Å². The molecule has 0 atom stereocenters. The fourth-order valence-electron chi connectivity index (χ4n) is 6.76. The monoisotopic (exact) mass is 1020 g/mol. The van der Waals surface area contributed by atoms with Gasteiger partial charge in [-0.25, -0.2) is 43.2 Å². The standard InChI is InChI=1S/C51H36N6O18/c58-43(59)25-10-26(44(60)61)14-34(13-25)55-49(70)52-31-4-1-7-37(19-31)73-40-22-41(74-38-8-2-5-32(20-38)53-50(71)56-35-15-27(45(62)63)11-28(16-35)46(64)65)24-42(23-40)75-39-9-3-6-33(21-39)54-51(72)57-36-17-29(47(66)67)12-30(18-36)48(68)69/h1-24H,(H,58,59)(H,60,61)(H,62,63)(H,64,65)(H,66,67)(H,68,69)(H2,52,55,70)(H2,53,56,71)(H2,54,57,72). The summed E-state index contributed by atoms with van der Waals surface area (Å²) < 4.78 is 18.5. The van der Waals surface area contributed by atoms with Gasteiger partial charge >= 0.3 is 53.9 Å². The van der Waals surface area contributed by atoms with E-state index < -0.39 is 53.9 Å². The Labute approximate surface area is 420 Å². The first-order valence-electron chi connectivity index (χ1n) is 21.3. The van der Waals surface area contributed by atoms with Crippen LogP contribution in [0, 0.1) is 0 Å². The summed E-state index contributed by atoms with van der Waals surface area (Å²) in [6.45, 7) is 0. The van der Waals surface area contributed by atoms with Gasteiger partial charge in [0.1, 0.15) is 34.5 Å². The third-order valence-electron chi connectivity index (χ3n) is 9.89. The summed E-state index contributed by atoms with van der Waals surface area (Å²) in [5, 5.41) is 71.4. The third kappa shape index (κ3) is 14.3. The second kappa shape index (κ2) is 22.5. The minimum absolute atomic E-state index is 0.0896. The molecule has 0 fully saturated rings. The van der Waals surface area contributed by atoms with Crippen molar-refractivity contribution < 1.29 is 88.0 Å². The zero-order valence-corrected chi connectivity index (χ0v) is 37.9. The van der Waals surface area contributed by atoms with Crippen LogP contribution in [-0.4, -0.2) is 84.5 Å². The maximum Gasteiger partial charge on any atom is 0.335 e. The number of carbonyl (C=O) groups excluding carboxylic acids is 3. The Morgan fingerprint density at radius 2 is 0.467 bits per heavy atom. The molecule has 0 saturated carbocycles. The maximum atomic E-state index is 13.0. The fourth-order valence-corrected chi connectivity index (χ4v) is 6.76. The van der Waals surface area contributed by atoms with Crippen LogP contribution < -0.4 is 46.1 Å². The number of ether oxygens (including phenoxy) is 3. The number of benzene rings is 7. The summed E-state index contributed by atoms with van der Waals surface area (Å²) in [6, 6.07) is 29.0. The number of carboxylic acid groups (broad SMARTS) is 6. The molecule has 6 amide bonds. The first kappa shape index (κ1) is 51.4. The molecule has 7 aromatic carbocycles. The van der Waals surface area contributed by atoms with Gasteiger partial charge in [-0.15, -0.1) is 0 Å². The highest BCUT2D eigenvalue weighted by atomic mass is 16.5. The highest BCUT2D eigenvalue weighted by molar-refractivity contribution is 6.05. The average Bonchev–Trinajstić information content (AvgIpc) is 3.33. The van der Waals surface area contributed by atoms with E-state index in [1.54, 1.807) is 0 Å². The van der Waals surface area contributed by atoms with E-state index in [-0.39, 0.29) is 102 Å². The number of anilines is 6. The molecule has 0 aliphatic heterocycles. The Hall–Kier alpha value is -11.4. The van der Waals surface area contributed by atoms with Crippen LogP contribution in [0.5, 0.6) is 34.5 Å². The first-order valence-corrected chi connectivity index (χ1v) is 21.3. The number of rotatable bonds is 18. The molecule has 0 aliphatic rings. The highest BCUT2D eigenvalue weighted by Gasteiger charge is 2.18. The molecule has 24 nitrogen and oxygen atoms in total. The molecule has 75 heavy (non-hydrogen) atoms.